The van der Waals surface area contributed by atoms with E-state index in [-0.39, 0.29) is 17.4 Å². The topological polar surface area (TPSA) is 92.1 Å². The van der Waals surface area contributed by atoms with Crippen LogP contribution in [0.25, 0.3) is 11.1 Å². The Kier molecular flexibility index (Phi) is 5.92. The number of carbonyl (C=O) groups is 1. The third-order valence-corrected chi connectivity index (χ3v) is 4.20. The Balaban J connectivity index is 2.35. The Morgan fingerprint density at radius 2 is 2.04 bits per heavy atom. The maximum atomic E-state index is 12.4. The summed E-state index contributed by atoms with van der Waals surface area (Å²) < 4.78 is 1.77. The maximum Gasteiger partial charge on any atom is 0.269 e. The van der Waals surface area contributed by atoms with E-state index < -0.39 is 0 Å². The SMILES string of the molecule is CCCCCNC(=O)c1cc(-c2cnn(C)c2C)c(C)c(NO)n1. The molecule has 0 spiro atoms. The lowest BCUT2D eigenvalue weighted by Crippen LogP contribution is -2.25. The Labute approximate surface area is 142 Å². The van der Waals surface area contributed by atoms with Crippen LogP contribution in [-0.2, 0) is 7.05 Å². The molecule has 2 aromatic rings. The van der Waals surface area contributed by atoms with E-state index in [1.807, 2.05) is 20.9 Å². The fourth-order valence-corrected chi connectivity index (χ4v) is 2.54. The molecule has 0 aliphatic heterocycles. The van der Waals surface area contributed by atoms with Gasteiger partial charge < -0.3 is 5.32 Å². The molecule has 7 heteroatoms. The highest BCUT2D eigenvalue weighted by Gasteiger charge is 2.17. The highest BCUT2D eigenvalue weighted by atomic mass is 16.5. The van der Waals surface area contributed by atoms with Crippen LogP contribution in [0, 0.1) is 13.8 Å². The number of nitrogens with zero attached hydrogens (tertiary/aromatic N) is 3. The number of aromatic nitrogens is 3. The third kappa shape index (κ3) is 3.73. The number of hydrogen-bond acceptors (Lipinski definition) is 5. The van der Waals surface area contributed by atoms with E-state index in [1.54, 1.807) is 16.9 Å². The molecule has 0 fully saturated rings. The fourth-order valence-electron chi connectivity index (χ4n) is 2.54. The van der Waals surface area contributed by atoms with E-state index in [1.165, 1.54) is 0 Å². The van der Waals surface area contributed by atoms with Gasteiger partial charge in [-0.1, -0.05) is 19.8 Å². The molecule has 0 aliphatic rings. The van der Waals surface area contributed by atoms with Crippen molar-refractivity contribution in [3.63, 3.8) is 0 Å². The molecule has 0 bridgehead atoms. The summed E-state index contributed by atoms with van der Waals surface area (Å²) in [7, 11) is 1.86. The second-order valence-electron chi connectivity index (χ2n) is 5.87. The molecular weight excluding hydrogens is 306 g/mol. The number of carbonyl (C=O) groups excluding carboxylic acids is 1. The van der Waals surface area contributed by atoms with Gasteiger partial charge in [-0.25, -0.2) is 4.98 Å². The molecule has 0 saturated heterocycles. The second kappa shape index (κ2) is 7.92. The van der Waals surface area contributed by atoms with Gasteiger partial charge >= 0.3 is 0 Å². The van der Waals surface area contributed by atoms with Gasteiger partial charge in [-0.2, -0.15) is 5.10 Å². The van der Waals surface area contributed by atoms with Gasteiger partial charge in [-0.05, 0) is 31.9 Å². The predicted molar refractivity (Wildman–Crippen MR) is 93.2 cm³/mol. The number of pyridine rings is 1. The molecule has 3 N–H and O–H groups in total. The van der Waals surface area contributed by atoms with Crippen molar-refractivity contribution in [2.45, 2.75) is 40.0 Å². The minimum Gasteiger partial charge on any atom is -0.351 e. The molecule has 0 atom stereocenters. The number of nitrogens with one attached hydrogen (secondary N) is 2. The van der Waals surface area contributed by atoms with Crippen molar-refractivity contribution in [1.29, 1.82) is 0 Å². The van der Waals surface area contributed by atoms with Gasteiger partial charge in [0.25, 0.3) is 5.91 Å². The van der Waals surface area contributed by atoms with Crippen molar-refractivity contribution >= 4 is 11.7 Å². The number of anilines is 1. The summed E-state index contributed by atoms with van der Waals surface area (Å²) in [5.41, 5.74) is 5.83. The first-order chi connectivity index (χ1) is 11.5. The van der Waals surface area contributed by atoms with Crippen molar-refractivity contribution in [3.05, 3.63) is 29.2 Å². The van der Waals surface area contributed by atoms with Crippen LogP contribution in [-0.4, -0.2) is 32.4 Å². The summed E-state index contributed by atoms with van der Waals surface area (Å²) in [6.07, 6.45) is 4.86. The van der Waals surface area contributed by atoms with Gasteiger partial charge in [-0.15, -0.1) is 0 Å². The van der Waals surface area contributed by atoms with Crippen LogP contribution in [0.1, 0.15) is 47.9 Å². The quantitative estimate of drug-likeness (QED) is 0.536. The normalized spacial score (nSPS) is 10.7. The average Bonchev–Trinajstić information content (AvgIpc) is 2.91. The Morgan fingerprint density at radius 1 is 1.29 bits per heavy atom. The molecule has 2 aromatic heterocycles. The molecule has 0 saturated carbocycles. The van der Waals surface area contributed by atoms with Gasteiger partial charge in [0.05, 0.1) is 6.20 Å². The standard InChI is InChI=1S/C17H25N5O2/c1-5-6-7-8-18-17(23)15-9-13(11(2)16(20-15)21-24)14-10-19-22(4)12(14)3/h9-10,24H,5-8H2,1-4H3,(H,18,23)(H,20,21). The number of amides is 1. The first-order valence-electron chi connectivity index (χ1n) is 8.18. The van der Waals surface area contributed by atoms with Gasteiger partial charge in [0, 0.05) is 30.4 Å². The van der Waals surface area contributed by atoms with Crippen LogP contribution in [0.3, 0.4) is 0 Å². The van der Waals surface area contributed by atoms with Crippen molar-refractivity contribution in [3.8, 4) is 11.1 Å². The number of rotatable bonds is 7. The van der Waals surface area contributed by atoms with E-state index in [0.29, 0.717) is 6.54 Å². The largest absolute Gasteiger partial charge is 0.351 e. The van der Waals surface area contributed by atoms with Crippen molar-refractivity contribution in [2.75, 3.05) is 12.0 Å². The number of aryl methyl sites for hydroxylation is 1. The summed E-state index contributed by atoms with van der Waals surface area (Å²) in [4.78, 5) is 16.6. The highest BCUT2D eigenvalue weighted by Crippen LogP contribution is 2.30. The summed E-state index contributed by atoms with van der Waals surface area (Å²) in [5, 5.41) is 16.5. The molecule has 0 aliphatic carbocycles. The van der Waals surface area contributed by atoms with E-state index in [4.69, 9.17) is 0 Å². The van der Waals surface area contributed by atoms with Gasteiger partial charge in [0.15, 0.2) is 5.82 Å². The molecule has 2 heterocycles. The van der Waals surface area contributed by atoms with E-state index in [0.717, 1.165) is 41.6 Å². The van der Waals surface area contributed by atoms with Crippen molar-refractivity contribution < 1.29 is 10.0 Å². The summed E-state index contributed by atoms with van der Waals surface area (Å²) in [6.45, 7) is 6.53. The zero-order valence-corrected chi connectivity index (χ0v) is 14.7. The van der Waals surface area contributed by atoms with Gasteiger partial charge in [-0.3, -0.25) is 20.2 Å². The number of hydrogen-bond donors (Lipinski definition) is 3. The van der Waals surface area contributed by atoms with E-state index in [9.17, 15) is 10.0 Å². The lowest BCUT2D eigenvalue weighted by Gasteiger charge is -2.13. The molecule has 7 nitrogen and oxygen atoms in total. The molecule has 0 radical (unpaired) electrons. The number of unbranched alkanes of at least 4 members (excludes halogenated alkanes) is 2. The molecule has 2 rings (SSSR count). The van der Waals surface area contributed by atoms with Crippen molar-refractivity contribution in [2.24, 2.45) is 7.05 Å². The lowest BCUT2D eigenvalue weighted by atomic mass is 10.0. The smallest absolute Gasteiger partial charge is 0.269 e. The molecule has 24 heavy (non-hydrogen) atoms. The maximum absolute atomic E-state index is 12.4. The zero-order valence-electron chi connectivity index (χ0n) is 14.7. The minimum atomic E-state index is -0.245. The molecule has 0 aromatic carbocycles. The van der Waals surface area contributed by atoms with Crippen LogP contribution in [0.15, 0.2) is 12.3 Å². The van der Waals surface area contributed by atoms with Gasteiger partial charge in [0.1, 0.15) is 5.69 Å². The van der Waals surface area contributed by atoms with Crippen LogP contribution in [0.4, 0.5) is 5.82 Å². The average molecular weight is 331 g/mol. The van der Waals surface area contributed by atoms with Crippen LogP contribution in [0.2, 0.25) is 0 Å². The minimum absolute atomic E-state index is 0.245. The Bertz CT molecular complexity index is 724. The van der Waals surface area contributed by atoms with Crippen LogP contribution in [0.5, 0.6) is 0 Å². The predicted octanol–water partition coefficient (Wildman–Crippen LogP) is 2.82. The van der Waals surface area contributed by atoms with Gasteiger partial charge in [0.2, 0.25) is 0 Å². The summed E-state index contributed by atoms with van der Waals surface area (Å²) in [6, 6.07) is 1.75. The monoisotopic (exact) mass is 331 g/mol. The van der Waals surface area contributed by atoms with Crippen LogP contribution >= 0.6 is 0 Å². The molecule has 1 amide bonds. The first-order valence-corrected chi connectivity index (χ1v) is 8.18. The lowest BCUT2D eigenvalue weighted by molar-refractivity contribution is 0.0948. The van der Waals surface area contributed by atoms with Crippen molar-refractivity contribution in [1.82, 2.24) is 20.1 Å². The van der Waals surface area contributed by atoms with Crippen LogP contribution < -0.4 is 10.8 Å². The summed E-state index contributed by atoms with van der Waals surface area (Å²) >= 11 is 0. The highest BCUT2D eigenvalue weighted by molar-refractivity contribution is 5.94. The molecule has 130 valence electrons. The molecular formula is C17H25N5O2. The van der Waals surface area contributed by atoms with E-state index >= 15 is 0 Å². The fraction of sp³-hybridized carbons (Fsp3) is 0.471. The first kappa shape index (κ1) is 17.9. The Hall–Kier alpha value is -2.41. The molecule has 0 unspecified atom stereocenters. The van der Waals surface area contributed by atoms with E-state index in [2.05, 4.69) is 27.8 Å². The third-order valence-electron chi connectivity index (χ3n) is 4.20. The zero-order chi connectivity index (χ0) is 17.7. The second-order valence-corrected chi connectivity index (χ2v) is 5.87. The summed E-state index contributed by atoms with van der Waals surface area (Å²) in [5.74, 6) is 0.0276. The Morgan fingerprint density at radius 3 is 2.62 bits per heavy atom.